The first-order chi connectivity index (χ1) is 21.7. The van der Waals surface area contributed by atoms with Crippen LogP contribution >= 0.6 is 0 Å². The molecule has 0 unspecified atom stereocenters. The Morgan fingerprint density at radius 1 is 0.432 bits per heavy atom. The van der Waals surface area contributed by atoms with Gasteiger partial charge in [0, 0.05) is 21.9 Å². The molecule has 0 saturated heterocycles. The molecule has 1 nitrogen and oxygen atoms in total. The molecule has 172 valence electrons. The Kier molecular flexibility index (Phi) is 2.96. The lowest BCUT2D eigenvalue weighted by atomic mass is 9.84. The number of hydrogen-bond acceptors (Lipinski definition) is 1. The molecule has 0 atom stereocenters. The van der Waals surface area contributed by atoms with E-state index in [9.17, 15) is 5.48 Å². The molecule has 0 saturated carbocycles. The van der Waals surface area contributed by atoms with E-state index in [1.54, 1.807) is 6.07 Å². The van der Waals surface area contributed by atoms with Gasteiger partial charge in [-0.1, -0.05) is 127 Å². The third-order valence-electron chi connectivity index (χ3n) is 7.11. The van der Waals surface area contributed by atoms with Crippen LogP contribution in [0.4, 0.5) is 0 Å². The lowest BCUT2D eigenvalue weighted by Gasteiger charge is -2.18. The van der Waals surface area contributed by atoms with E-state index in [0.717, 1.165) is 21.5 Å². The van der Waals surface area contributed by atoms with Crippen LogP contribution in [0.15, 0.2) is 138 Å². The summed E-state index contributed by atoms with van der Waals surface area (Å²) < 4.78 is 78.0. The van der Waals surface area contributed by atoms with Gasteiger partial charge < -0.3 is 4.42 Å². The predicted molar refractivity (Wildman–Crippen MR) is 157 cm³/mol. The van der Waals surface area contributed by atoms with Gasteiger partial charge in [0.25, 0.3) is 0 Å². The molecule has 0 amide bonds. The minimum atomic E-state index is -0.436. The van der Waals surface area contributed by atoms with Gasteiger partial charge in [0.05, 0.1) is 11.0 Å². The van der Waals surface area contributed by atoms with Crippen molar-refractivity contribution in [1.82, 2.24) is 0 Å². The summed E-state index contributed by atoms with van der Waals surface area (Å²) in [7, 11) is 0. The van der Waals surface area contributed by atoms with E-state index in [1.165, 1.54) is 0 Å². The van der Waals surface area contributed by atoms with Crippen molar-refractivity contribution in [2.75, 3.05) is 0 Å². The normalized spacial score (nSPS) is 14.8. The van der Waals surface area contributed by atoms with Crippen molar-refractivity contribution >= 4 is 54.3 Å². The molecule has 1 heteroatoms. The Morgan fingerprint density at radius 2 is 0.946 bits per heavy atom. The first-order valence-electron chi connectivity index (χ1n) is 16.1. The summed E-state index contributed by atoms with van der Waals surface area (Å²) in [5.74, 6) is 0. The number of benzene rings is 7. The maximum atomic E-state index is 9.24. The molecule has 0 fully saturated rings. The standard InChI is InChI=1S/C36H22O/c1-2-13-24-23(11-1)12-9-19-26(24)34-27-15-3-5-17-29(27)35(30-18-6-4-16-28(30)34)32-21-10-20-31-25-14-7-8-22-33(25)37-36(31)32/h1-22H/i3D,4D,5D,6D,15D,16D,17D,18D. The first-order valence-corrected chi connectivity index (χ1v) is 12.1. The zero-order valence-electron chi connectivity index (χ0n) is 27.5. The van der Waals surface area contributed by atoms with E-state index in [1.807, 2.05) is 78.9 Å². The molecule has 0 bridgehead atoms. The van der Waals surface area contributed by atoms with Gasteiger partial charge in [0.15, 0.2) is 0 Å². The number of hydrogen-bond donors (Lipinski definition) is 0. The van der Waals surface area contributed by atoms with E-state index < -0.39 is 24.2 Å². The van der Waals surface area contributed by atoms with Gasteiger partial charge in [-0.25, -0.2) is 0 Å². The molecular formula is C36H22O. The maximum absolute atomic E-state index is 9.24. The molecule has 0 N–H and O–H groups in total. The summed E-state index contributed by atoms with van der Waals surface area (Å²) >= 11 is 0. The summed E-state index contributed by atoms with van der Waals surface area (Å²) in [6.45, 7) is 0. The quantitative estimate of drug-likeness (QED) is 0.225. The van der Waals surface area contributed by atoms with E-state index in [4.69, 9.17) is 9.90 Å². The van der Waals surface area contributed by atoms with Gasteiger partial charge in [0.1, 0.15) is 11.2 Å². The van der Waals surface area contributed by atoms with Crippen LogP contribution < -0.4 is 0 Å². The van der Waals surface area contributed by atoms with Crippen molar-refractivity contribution in [2.24, 2.45) is 0 Å². The second-order valence-electron chi connectivity index (χ2n) is 9.06. The lowest BCUT2D eigenvalue weighted by molar-refractivity contribution is 0.670. The zero-order chi connectivity index (χ0) is 31.3. The fourth-order valence-corrected chi connectivity index (χ4v) is 5.55. The number of furan rings is 1. The van der Waals surface area contributed by atoms with E-state index in [0.29, 0.717) is 27.9 Å². The second-order valence-corrected chi connectivity index (χ2v) is 9.06. The third-order valence-corrected chi connectivity index (χ3v) is 7.11. The summed E-state index contributed by atoms with van der Waals surface area (Å²) in [5.41, 5.74) is 2.76. The van der Waals surface area contributed by atoms with Crippen LogP contribution in [0.2, 0.25) is 0 Å². The molecule has 1 aromatic heterocycles. The molecule has 0 radical (unpaired) electrons. The number of rotatable bonds is 2. The third kappa shape index (κ3) is 2.92. The van der Waals surface area contributed by atoms with E-state index >= 15 is 0 Å². The van der Waals surface area contributed by atoms with Crippen LogP contribution in [-0.2, 0) is 0 Å². The van der Waals surface area contributed by atoms with Crippen molar-refractivity contribution in [3.05, 3.63) is 133 Å². The lowest BCUT2D eigenvalue weighted by Crippen LogP contribution is -1.91. The van der Waals surface area contributed by atoms with E-state index in [2.05, 4.69) is 0 Å². The van der Waals surface area contributed by atoms with Gasteiger partial charge in [-0.05, 0) is 49.5 Å². The summed E-state index contributed by atoms with van der Waals surface area (Å²) in [4.78, 5) is 0. The van der Waals surface area contributed by atoms with Crippen LogP contribution in [0.25, 0.3) is 76.5 Å². The molecule has 0 aliphatic heterocycles. The highest BCUT2D eigenvalue weighted by atomic mass is 16.3. The summed E-state index contributed by atoms with van der Waals surface area (Å²) in [6, 6.07) is 23.4. The molecule has 37 heavy (non-hydrogen) atoms. The molecule has 7 aromatic carbocycles. The maximum Gasteiger partial charge on any atom is 0.143 e. The Labute approximate surface area is 225 Å². The average molecular weight is 479 g/mol. The molecule has 8 aromatic rings. The fourth-order valence-electron chi connectivity index (χ4n) is 5.55. The van der Waals surface area contributed by atoms with Gasteiger partial charge >= 0.3 is 0 Å². The van der Waals surface area contributed by atoms with Crippen LogP contribution in [0, 0.1) is 0 Å². The average Bonchev–Trinajstić information content (AvgIpc) is 3.45. The monoisotopic (exact) mass is 478 g/mol. The van der Waals surface area contributed by atoms with Crippen molar-refractivity contribution in [3.63, 3.8) is 0 Å². The molecule has 0 spiro atoms. The minimum absolute atomic E-state index is 0.162. The Bertz CT molecular complexity index is 2500. The van der Waals surface area contributed by atoms with Crippen molar-refractivity contribution in [3.8, 4) is 22.3 Å². The Hall–Kier alpha value is -4.88. The van der Waals surface area contributed by atoms with Crippen LogP contribution in [0.1, 0.15) is 11.0 Å². The molecular weight excluding hydrogens is 448 g/mol. The number of para-hydroxylation sites is 2. The van der Waals surface area contributed by atoms with Gasteiger partial charge in [-0.15, -0.1) is 0 Å². The SMILES string of the molecule is [2H]c1c([2H])c([2H])c2c(-c3cccc4c3oc3ccccc34)c3c([2H])c([2H])c([2H])c([2H])c3c(-c3cccc4ccccc34)c2c1[2H]. The second kappa shape index (κ2) is 7.81. The topological polar surface area (TPSA) is 13.1 Å². The van der Waals surface area contributed by atoms with Crippen molar-refractivity contribution < 1.29 is 15.4 Å². The molecule has 0 aliphatic rings. The Balaban J connectivity index is 1.74. The highest BCUT2D eigenvalue weighted by Gasteiger charge is 2.20. The highest BCUT2D eigenvalue weighted by molar-refractivity contribution is 6.25. The predicted octanol–water partition coefficient (Wildman–Crippen LogP) is 10.4. The van der Waals surface area contributed by atoms with Gasteiger partial charge in [0.2, 0.25) is 0 Å². The number of fused-ring (bicyclic) bond motifs is 6. The molecule has 0 aliphatic carbocycles. The van der Waals surface area contributed by atoms with Gasteiger partial charge in [-0.3, -0.25) is 0 Å². The van der Waals surface area contributed by atoms with Crippen LogP contribution in [-0.4, -0.2) is 0 Å². The van der Waals surface area contributed by atoms with Crippen molar-refractivity contribution in [1.29, 1.82) is 0 Å². The van der Waals surface area contributed by atoms with Crippen LogP contribution in [0.3, 0.4) is 0 Å². The zero-order valence-corrected chi connectivity index (χ0v) is 19.5. The smallest absolute Gasteiger partial charge is 0.143 e. The summed E-state index contributed by atoms with van der Waals surface area (Å²) in [6.07, 6.45) is 0. The van der Waals surface area contributed by atoms with E-state index in [-0.39, 0.29) is 51.3 Å². The fraction of sp³-hybridized carbons (Fsp3) is 0. The largest absolute Gasteiger partial charge is 0.455 e. The van der Waals surface area contributed by atoms with Crippen molar-refractivity contribution in [2.45, 2.75) is 0 Å². The summed E-state index contributed by atoms with van der Waals surface area (Å²) in [5, 5.41) is 3.99. The Morgan fingerprint density at radius 3 is 1.68 bits per heavy atom. The van der Waals surface area contributed by atoms with Gasteiger partial charge in [-0.2, -0.15) is 0 Å². The van der Waals surface area contributed by atoms with Crippen LogP contribution in [0.5, 0.6) is 0 Å². The molecule has 1 heterocycles. The highest BCUT2D eigenvalue weighted by Crippen LogP contribution is 2.47. The molecule has 8 rings (SSSR count). The minimum Gasteiger partial charge on any atom is -0.455 e. The first kappa shape index (κ1) is 14.0.